The zero-order chi connectivity index (χ0) is 8.97. The number of alkyl halides is 1. The summed E-state index contributed by atoms with van der Waals surface area (Å²) in [4.78, 5) is 11.2. The molecular weight excluding hydrogens is 195 g/mol. The van der Waals surface area contributed by atoms with E-state index in [1.54, 1.807) is 12.2 Å². The number of halogens is 2. The number of hydrogen-bond acceptors (Lipinski definition) is 1. The van der Waals surface area contributed by atoms with Crippen molar-refractivity contribution in [1.82, 2.24) is 0 Å². The highest BCUT2D eigenvalue weighted by atomic mass is 35.5. The number of hydrogen-bond donors (Lipinski definition) is 0. The molecule has 0 radical (unpaired) electrons. The van der Waals surface area contributed by atoms with Gasteiger partial charge in [-0.25, -0.2) is 0 Å². The Balaban J connectivity index is 2.53. The monoisotopic (exact) mass is 204 g/mol. The molecule has 1 aliphatic carbocycles. The lowest BCUT2D eigenvalue weighted by Crippen LogP contribution is -2.12. The summed E-state index contributed by atoms with van der Waals surface area (Å²) in [6.45, 7) is 0. The molecule has 1 unspecified atom stereocenters. The molecule has 1 nitrogen and oxygen atoms in total. The van der Waals surface area contributed by atoms with Crippen LogP contribution in [-0.2, 0) is 4.79 Å². The fourth-order valence-electron chi connectivity index (χ4n) is 1.14. The summed E-state index contributed by atoms with van der Waals surface area (Å²) in [5.41, 5.74) is 0. The molecular formula is C9H10Cl2O. The Bertz CT molecular complexity index is 231. The summed E-state index contributed by atoms with van der Waals surface area (Å²) < 4.78 is 0. The van der Waals surface area contributed by atoms with E-state index in [0.29, 0.717) is 10.9 Å². The maximum absolute atomic E-state index is 11.2. The molecule has 66 valence electrons. The van der Waals surface area contributed by atoms with Crippen LogP contribution in [0.4, 0.5) is 0 Å². The van der Waals surface area contributed by atoms with Crippen molar-refractivity contribution < 1.29 is 4.79 Å². The van der Waals surface area contributed by atoms with Gasteiger partial charge in [0.05, 0.1) is 0 Å². The zero-order valence-electron chi connectivity index (χ0n) is 6.59. The van der Waals surface area contributed by atoms with Gasteiger partial charge in [0, 0.05) is 16.8 Å². The molecule has 0 saturated heterocycles. The lowest BCUT2D eigenvalue weighted by atomic mass is 9.95. The summed E-state index contributed by atoms with van der Waals surface area (Å²) in [7, 11) is 0. The summed E-state index contributed by atoms with van der Waals surface area (Å²) in [6, 6.07) is 0. The van der Waals surface area contributed by atoms with E-state index in [0.717, 1.165) is 12.8 Å². The summed E-state index contributed by atoms with van der Waals surface area (Å²) in [5.74, 6) is 0.671. The Hall–Kier alpha value is -0.270. The summed E-state index contributed by atoms with van der Waals surface area (Å²) in [6.07, 6.45) is 6.59. The Morgan fingerprint density at radius 2 is 2.17 bits per heavy atom. The third-order valence-electron chi connectivity index (χ3n) is 1.78. The van der Waals surface area contributed by atoms with Gasteiger partial charge in [-0.15, -0.1) is 11.6 Å². The lowest BCUT2D eigenvalue weighted by Gasteiger charge is -2.11. The summed E-state index contributed by atoms with van der Waals surface area (Å²) >= 11 is 11.3. The van der Waals surface area contributed by atoms with Crippen LogP contribution in [0.1, 0.15) is 12.8 Å². The molecule has 0 saturated carbocycles. The molecule has 1 rings (SSSR count). The van der Waals surface area contributed by atoms with E-state index in [1.165, 1.54) is 6.08 Å². The molecule has 1 aliphatic rings. The molecule has 0 aliphatic heterocycles. The Morgan fingerprint density at radius 1 is 1.42 bits per heavy atom. The zero-order valence-corrected chi connectivity index (χ0v) is 8.11. The van der Waals surface area contributed by atoms with Gasteiger partial charge >= 0.3 is 0 Å². The second-order valence-electron chi connectivity index (χ2n) is 2.72. The van der Waals surface area contributed by atoms with Gasteiger partial charge < -0.3 is 0 Å². The highest BCUT2D eigenvalue weighted by molar-refractivity contribution is 6.32. The third-order valence-corrected chi connectivity index (χ3v) is 2.30. The van der Waals surface area contributed by atoms with Crippen LogP contribution in [-0.4, -0.2) is 11.7 Å². The fourth-order valence-corrected chi connectivity index (χ4v) is 1.51. The Morgan fingerprint density at radius 3 is 2.83 bits per heavy atom. The first kappa shape index (κ1) is 9.82. The van der Waals surface area contributed by atoms with Gasteiger partial charge in [0.15, 0.2) is 5.78 Å². The minimum Gasteiger partial charge on any atom is -0.294 e. The SMILES string of the molecule is O=C1C=CC(Cl)=CC1CCCCl. The molecule has 0 N–H and O–H groups in total. The quantitative estimate of drug-likeness (QED) is 0.647. The number of carbonyl (C=O) groups is 1. The fraction of sp³-hybridized carbons (Fsp3) is 0.444. The van der Waals surface area contributed by atoms with Gasteiger partial charge in [0.25, 0.3) is 0 Å². The first-order valence-electron chi connectivity index (χ1n) is 3.89. The van der Waals surface area contributed by atoms with Crippen molar-refractivity contribution in [2.24, 2.45) is 5.92 Å². The molecule has 0 bridgehead atoms. The van der Waals surface area contributed by atoms with Gasteiger partial charge in [-0.2, -0.15) is 0 Å². The largest absolute Gasteiger partial charge is 0.294 e. The van der Waals surface area contributed by atoms with Crippen molar-refractivity contribution in [3.63, 3.8) is 0 Å². The lowest BCUT2D eigenvalue weighted by molar-refractivity contribution is -0.117. The molecule has 0 fully saturated rings. The van der Waals surface area contributed by atoms with Crippen LogP contribution in [0.2, 0.25) is 0 Å². The van der Waals surface area contributed by atoms with Crippen molar-refractivity contribution >= 4 is 29.0 Å². The average molecular weight is 205 g/mol. The van der Waals surface area contributed by atoms with Crippen molar-refractivity contribution in [1.29, 1.82) is 0 Å². The maximum Gasteiger partial charge on any atom is 0.162 e. The standard InChI is InChI=1S/C9H10Cl2O/c10-5-1-2-7-6-8(11)3-4-9(7)12/h3-4,6-7H,1-2,5H2. The van der Waals surface area contributed by atoms with Gasteiger partial charge in [-0.1, -0.05) is 17.7 Å². The van der Waals surface area contributed by atoms with Gasteiger partial charge in [-0.3, -0.25) is 4.79 Å². The average Bonchev–Trinajstić information content (AvgIpc) is 2.07. The minimum absolute atomic E-state index is 0.0544. The van der Waals surface area contributed by atoms with Crippen LogP contribution in [0.15, 0.2) is 23.3 Å². The number of rotatable bonds is 3. The number of allylic oxidation sites excluding steroid dienone is 4. The predicted octanol–water partition coefficient (Wildman–Crippen LogP) is 2.88. The molecule has 3 heteroatoms. The van der Waals surface area contributed by atoms with Crippen LogP contribution in [0.3, 0.4) is 0 Å². The van der Waals surface area contributed by atoms with Crippen LogP contribution in [0, 0.1) is 5.92 Å². The van der Waals surface area contributed by atoms with Crippen molar-refractivity contribution in [2.75, 3.05) is 5.88 Å². The van der Waals surface area contributed by atoms with Crippen LogP contribution in [0.5, 0.6) is 0 Å². The number of ketones is 1. The van der Waals surface area contributed by atoms with Crippen LogP contribution >= 0.6 is 23.2 Å². The first-order chi connectivity index (χ1) is 5.74. The molecule has 0 aromatic rings. The first-order valence-corrected chi connectivity index (χ1v) is 4.80. The van der Waals surface area contributed by atoms with Crippen molar-refractivity contribution in [2.45, 2.75) is 12.8 Å². The molecule has 0 spiro atoms. The van der Waals surface area contributed by atoms with Crippen LogP contribution < -0.4 is 0 Å². The molecule has 1 atom stereocenters. The summed E-state index contributed by atoms with van der Waals surface area (Å²) in [5, 5.41) is 0.647. The molecule has 0 heterocycles. The molecule has 12 heavy (non-hydrogen) atoms. The number of carbonyl (C=O) groups excluding carboxylic acids is 1. The van der Waals surface area contributed by atoms with Gasteiger partial charge in [0.2, 0.25) is 0 Å². The van der Waals surface area contributed by atoms with Gasteiger partial charge in [-0.05, 0) is 25.0 Å². The highest BCUT2D eigenvalue weighted by Crippen LogP contribution is 2.20. The third kappa shape index (κ3) is 2.65. The van der Waals surface area contributed by atoms with Crippen molar-refractivity contribution in [3.05, 3.63) is 23.3 Å². The highest BCUT2D eigenvalue weighted by Gasteiger charge is 2.16. The smallest absolute Gasteiger partial charge is 0.162 e. The second kappa shape index (κ2) is 4.68. The maximum atomic E-state index is 11.2. The van der Waals surface area contributed by atoms with E-state index in [9.17, 15) is 4.79 Å². The van der Waals surface area contributed by atoms with Crippen LogP contribution in [0.25, 0.3) is 0 Å². The topological polar surface area (TPSA) is 17.1 Å². The van der Waals surface area contributed by atoms with E-state index in [-0.39, 0.29) is 11.7 Å². The van der Waals surface area contributed by atoms with E-state index >= 15 is 0 Å². The molecule has 0 amide bonds. The molecule has 0 aromatic heterocycles. The van der Waals surface area contributed by atoms with Gasteiger partial charge in [0.1, 0.15) is 0 Å². The minimum atomic E-state index is -0.0544. The van der Waals surface area contributed by atoms with E-state index in [2.05, 4.69) is 0 Å². The van der Waals surface area contributed by atoms with E-state index < -0.39 is 0 Å². The predicted molar refractivity (Wildman–Crippen MR) is 51.5 cm³/mol. The Kier molecular flexibility index (Phi) is 3.83. The normalized spacial score (nSPS) is 22.7. The van der Waals surface area contributed by atoms with Crippen molar-refractivity contribution in [3.8, 4) is 0 Å². The van der Waals surface area contributed by atoms with E-state index in [1.807, 2.05) is 0 Å². The molecule has 0 aromatic carbocycles. The second-order valence-corrected chi connectivity index (χ2v) is 3.54. The van der Waals surface area contributed by atoms with E-state index in [4.69, 9.17) is 23.2 Å². The Labute approximate surface area is 82.0 Å².